The zero-order chi connectivity index (χ0) is 11.7. The third-order valence-electron chi connectivity index (χ3n) is 2.28. The number of hydrogen-bond acceptors (Lipinski definition) is 6. The molecule has 1 aromatic heterocycles. The summed E-state index contributed by atoms with van der Waals surface area (Å²) in [7, 11) is 0. The zero-order valence-electron chi connectivity index (χ0n) is 8.40. The molecule has 0 amide bonds. The lowest BCUT2D eigenvalue weighted by molar-refractivity contribution is -0.117. The summed E-state index contributed by atoms with van der Waals surface area (Å²) in [5.41, 5.74) is 10.9. The van der Waals surface area contributed by atoms with Crippen LogP contribution in [0.1, 0.15) is 25.1 Å². The Morgan fingerprint density at radius 2 is 1.69 bits per heavy atom. The third-order valence-corrected chi connectivity index (χ3v) is 2.28. The Morgan fingerprint density at radius 3 is 2.31 bits per heavy atom. The highest BCUT2D eigenvalue weighted by Gasteiger charge is 2.23. The molecule has 0 atom stereocenters. The number of nitrogen functional groups attached to an aromatic ring is 2. The first kappa shape index (κ1) is 10.5. The van der Waals surface area contributed by atoms with E-state index in [0.29, 0.717) is 12.8 Å². The number of rotatable bonds is 1. The highest BCUT2D eigenvalue weighted by Crippen LogP contribution is 2.29. The summed E-state index contributed by atoms with van der Waals surface area (Å²) in [6.45, 7) is 0. The SMILES string of the molecule is Nc1nc(N)nc(C2=C(F)C(=O)CCC2)n1. The molecule has 7 heteroatoms. The summed E-state index contributed by atoms with van der Waals surface area (Å²) in [6.07, 6.45) is 1.19. The van der Waals surface area contributed by atoms with E-state index >= 15 is 0 Å². The Morgan fingerprint density at radius 1 is 1.06 bits per heavy atom. The fourth-order valence-corrected chi connectivity index (χ4v) is 1.57. The lowest BCUT2D eigenvalue weighted by Crippen LogP contribution is -2.12. The van der Waals surface area contributed by atoms with Gasteiger partial charge in [0, 0.05) is 12.0 Å². The second-order valence-electron chi connectivity index (χ2n) is 3.44. The molecule has 0 spiro atoms. The van der Waals surface area contributed by atoms with Crippen molar-refractivity contribution < 1.29 is 9.18 Å². The monoisotopic (exact) mass is 223 g/mol. The van der Waals surface area contributed by atoms with Crippen molar-refractivity contribution in [2.75, 3.05) is 11.5 Å². The van der Waals surface area contributed by atoms with Crippen LogP contribution in [0, 0.1) is 0 Å². The third kappa shape index (κ3) is 1.83. The first-order valence-electron chi connectivity index (χ1n) is 4.77. The van der Waals surface area contributed by atoms with Gasteiger partial charge in [0.05, 0.1) is 0 Å². The van der Waals surface area contributed by atoms with Gasteiger partial charge in [-0.2, -0.15) is 15.0 Å². The van der Waals surface area contributed by atoms with Gasteiger partial charge >= 0.3 is 0 Å². The molecule has 1 heterocycles. The van der Waals surface area contributed by atoms with E-state index in [1.165, 1.54) is 0 Å². The molecule has 1 aromatic rings. The standard InChI is InChI=1S/C9H10FN5O/c10-6-4(2-1-3-5(6)16)7-13-8(11)15-9(12)14-7/h1-3H2,(H4,11,12,13,14,15). The van der Waals surface area contributed by atoms with Gasteiger partial charge in [-0.05, 0) is 12.8 Å². The average Bonchev–Trinajstić information content (AvgIpc) is 2.20. The van der Waals surface area contributed by atoms with Crippen molar-refractivity contribution >= 4 is 23.3 Å². The molecule has 0 aliphatic heterocycles. The fraction of sp³-hybridized carbons (Fsp3) is 0.333. The number of halogens is 1. The average molecular weight is 223 g/mol. The number of ketones is 1. The number of Topliss-reactive ketones (excluding diaryl/α,β-unsaturated/α-hetero) is 1. The maximum absolute atomic E-state index is 13.5. The van der Waals surface area contributed by atoms with E-state index < -0.39 is 11.6 Å². The quantitative estimate of drug-likeness (QED) is 0.716. The largest absolute Gasteiger partial charge is 0.368 e. The number of carbonyl (C=O) groups excluding carboxylic acids is 1. The van der Waals surface area contributed by atoms with E-state index in [1.807, 2.05) is 0 Å². The van der Waals surface area contributed by atoms with Gasteiger partial charge in [-0.3, -0.25) is 4.79 Å². The number of nitrogens with zero attached hydrogens (tertiary/aromatic N) is 3. The van der Waals surface area contributed by atoms with Crippen molar-refractivity contribution in [1.29, 1.82) is 0 Å². The van der Waals surface area contributed by atoms with Crippen LogP contribution in [0.4, 0.5) is 16.3 Å². The van der Waals surface area contributed by atoms with Gasteiger partial charge in [0.2, 0.25) is 11.9 Å². The molecule has 0 bridgehead atoms. The summed E-state index contributed by atoms with van der Waals surface area (Å²) >= 11 is 0. The molecule has 0 aromatic carbocycles. The van der Waals surface area contributed by atoms with Crippen LogP contribution >= 0.6 is 0 Å². The molecule has 6 nitrogen and oxygen atoms in total. The van der Waals surface area contributed by atoms with E-state index in [-0.39, 0.29) is 29.7 Å². The molecule has 4 N–H and O–H groups in total. The van der Waals surface area contributed by atoms with Gasteiger partial charge in [-0.1, -0.05) is 0 Å². The Balaban J connectivity index is 2.51. The second kappa shape index (κ2) is 3.84. The molecule has 0 radical (unpaired) electrons. The zero-order valence-corrected chi connectivity index (χ0v) is 8.40. The molecular formula is C9H10FN5O. The number of allylic oxidation sites excluding steroid dienone is 2. The van der Waals surface area contributed by atoms with Crippen LogP contribution in [0.5, 0.6) is 0 Å². The maximum atomic E-state index is 13.5. The molecule has 0 unspecified atom stereocenters. The molecule has 0 saturated carbocycles. The minimum atomic E-state index is -0.795. The molecule has 0 saturated heterocycles. The first-order valence-corrected chi connectivity index (χ1v) is 4.77. The minimum absolute atomic E-state index is 0.0514. The van der Waals surface area contributed by atoms with Gasteiger partial charge in [0.25, 0.3) is 0 Å². The Bertz CT molecular complexity index is 465. The number of hydrogen-bond donors (Lipinski definition) is 2. The molecule has 84 valence electrons. The predicted molar refractivity (Wildman–Crippen MR) is 55.5 cm³/mol. The van der Waals surface area contributed by atoms with Gasteiger partial charge < -0.3 is 11.5 Å². The van der Waals surface area contributed by atoms with Crippen molar-refractivity contribution in [2.24, 2.45) is 0 Å². The van der Waals surface area contributed by atoms with Crippen LogP contribution in [-0.4, -0.2) is 20.7 Å². The second-order valence-corrected chi connectivity index (χ2v) is 3.44. The Labute approximate surface area is 90.6 Å². The lowest BCUT2D eigenvalue weighted by Gasteiger charge is -2.12. The number of anilines is 2. The molecule has 1 aliphatic rings. The summed E-state index contributed by atoms with van der Waals surface area (Å²) in [6, 6.07) is 0. The summed E-state index contributed by atoms with van der Waals surface area (Å²) < 4.78 is 13.5. The van der Waals surface area contributed by atoms with Crippen molar-refractivity contribution in [2.45, 2.75) is 19.3 Å². The van der Waals surface area contributed by atoms with Crippen LogP contribution in [0.3, 0.4) is 0 Å². The minimum Gasteiger partial charge on any atom is -0.368 e. The van der Waals surface area contributed by atoms with Gasteiger partial charge in [0.15, 0.2) is 17.4 Å². The molecule has 1 aliphatic carbocycles. The number of aromatic nitrogens is 3. The van der Waals surface area contributed by atoms with Crippen LogP contribution in [0.25, 0.3) is 5.57 Å². The molecule has 16 heavy (non-hydrogen) atoms. The van der Waals surface area contributed by atoms with Crippen molar-refractivity contribution in [3.8, 4) is 0 Å². The highest BCUT2D eigenvalue weighted by atomic mass is 19.1. The van der Waals surface area contributed by atoms with Crippen LogP contribution in [-0.2, 0) is 4.79 Å². The smallest absolute Gasteiger partial charge is 0.225 e. The fourth-order valence-electron chi connectivity index (χ4n) is 1.57. The Kier molecular flexibility index (Phi) is 2.51. The maximum Gasteiger partial charge on any atom is 0.225 e. The number of carbonyl (C=O) groups is 1. The first-order chi connectivity index (χ1) is 7.58. The number of nitrogens with two attached hydrogens (primary N) is 2. The van der Waals surface area contributed by atoms with E-state index in [1.54, 1.807) is 0 Å². The molecular weight excluding hydrogens is 213 g/mol. The topological polar surface area (TPSA) is 108 Å². The summed E-state index contributed by atoms with van der Waals surface area (Å²) in [4.78, 5) is 22.3. The van der Waals surface area contributed by atoms with Crippen LogP contribution in [0.2, 0.25) is 0 Å². The predicted octanol–water partition coefficient (Wildman–Crippen LogP) is 0.470. The highest BCUT2D eigenvalue weighted by molar-refractivity contribution is 6.01. The van der Waals surface area contributed by atoms with E-state index in [0.717, 1.165) is 0 Å². The molecule has 2 rings (SSSR count). The van der Waals surface area contributed by atoms with Crippen LogP contribution in [0.15, 0.2) is 5.83 Å². The molecule has 0 fully saturated rings. The van der Waals surface area contributed by atoms with Crippen molar-refractivity contribution in [3.63, 3.8) is 0 Å². The van der Waals surface area contributed by atoms with E-state index in [2.05, 4.69) is 15.0 Å². The van der Waals surface area contributed by atoms with E-state index in [4.69, 9.17) is 11.5 Å². The van der Waals surface area contributed by atoms with Gasteiger partial charge in [-0.15, -0.1) is 0 Å². The van der Waals surface area contributed by atoms with E-state index in [9.17, 15) is 9.18 Å². The summed E-state index contributed by atoms with van der Waals surface area (Å²) in [5.74, 6) is -1.44. The van der Waals surface area contributed by atoms with Crippen molar-refractivity contribution in [3.05, 3.63) is 11.7 Å². The normalized spacial score (nSPS) is 16.7. The van der Waals surface area contributed by atoms with Crippen molar-refractivity contribution in [1.82, 2.24) is 15.0 Å². The summed E-state index contributed by atoms with van der Waals surface area (Å²) in [5, 5.41) is 0. The van der Waals surface area contributed by atoms with Gasteiger partial charge in [0.1, 0.15) is 0 Å². The van der Waals surface area contributed by atoms with Gasteiger partial charge in [-0.25, -0.2) is 4.39 Å². The Hall–Kier alpha value is -2.05. The lowest BCUT2D eigenvalue weighted by atomic mass is 9.97. The van der Waals surface area contributed by atoms with Crippen LogP contribution < -0.4 is 11.5 Å².